The average Bonchev–Trinajstić information content (AvgIpc) is 3.30. The van der Waals surface area contributed by atoms with Crippen LogP contribution in [0.4, 0.5) is 0 Å². The number of nitriles is 1. The molecule has 1 aliphatic carbocycles. The third kappa shape index (κ3) is 3.37. The fourth-order valence-electron chi connectivity index (χ4n) is 4.43. The fraction of sp³-hybridized carbons (Fsp3) is 0.526. The van der Waals surface area contributed by atoms with Crippen LogP contribution in [-0.4, -0.2) is 50.2 Å². The summed E-state index contributed by atoms with van der Waals surface area (Å²) in [5.74, 6) is 1.13. The van der Waals surface area contributed by atoms with Gasteiger partial charge in [-0.2, -0.15) is 10.4 Å². The van der Waals surface area contributed by atoms with E-state index < -0.39 is 0 Å². The van der Waals surface area contributed by atoms with Crippen molar-refractivity contribution >= 4 is 11.8 Å². The Kier molecular flexibility index (Phi) is 4.98. The minimum atomic E-state index is -0.327. The molecule has 1 N–H and O–H groups in total. The third-order valence-corrected chi connectivity index (χ3v) is 6.36. The van der Waals surface area contributed by atoms with Gasteiger partial charge in [0, 0.05) is 32.0 Å². The lowest BCUT2D eigenvalue weighted by atomic mass is 9.77. The summed E-state index contributed by atoms with van der Waals surface area (Å²) in [5.41, 5.74) is 1.65. The molecule has 0 spiro atoms. The molecule has 2 aromatic rings. The lowest BCUT2D eigenvalue weighted by molar-refractivity contribution is 0.0306. The molecular formula is C19H23N5OS. The van der Waals surface area contributed by atoms with Gasteiger partial charge in [-0.1, -0.05) is 0 Å². The van der Waals surface area contributed by atoms with E-state index in [9.17, 15) is 5.11 Å². The Hall–Kier alpha value is -1.88. The second-order valence-corrected chi connectivity index (χ2v) is 8.07. The van der Waals surface area contributed by atoms with Crippen molar-refractivity contribution in [1.82, 2.24) is 19.7 Å². The second kappa shape index (κ2) is 7.39. The van der Waals surface area contributed by atoms with Crippen LogP contribution in [0.25, 0.3) is 0 Å². The molecule has 0 amide bonds. The maximum Gasteiger partial charge on any atom is 0.114 e. The summed E-state index contributed by atoms with van der Waals surface area (Å²) in [6.07, 6.45) is 7.16. The first-order valence-electron chi connectivity index (χ1n) is 9.01. The van der Waals surface area contributed by atoms with Gasteiger partial charge in [0.2, 0.25) is 0 Å². The maximum absolute atomic E-state index is 10.6. The van der Waals surface area contributed by atoms with Gasteiger partial charge in [-0.15, -0.1) is 11.8 Å². The Morgan fingerprint density at radius 3 is 2.81 bits per heavy atom. The number of aliphatic hydroxyl groups is 1. The van der Waals surface area contributed by atoms with Crippen LogP contribution in [0.1, 0.15) is 30.1 Å². The first-order valence-corrected chi connectivity index (χ1v) is 10.2. The van der Waals surface area contributed by atoms with Gasteiger partial charge in [-0.05, 0) is 49.1 Å². The van der Waals surface area contributed by atoms with Crippen molar-refractivity contribution in [2.24, 2.45) is 11.8 Å². The first-order chi connectivity index (χ1) is 12.7. The zero-order valence-corrected chi connectivity index (χ0v) is 15.6. The molecule has 0 unspecified atom stereocenters. The first kappa shape index (κ1) is 17.5. The van der Waals surface area contributed by atoms with Crippen LogP contribution in [0.15, 0.2) is 35.6 Å². The van der Waals surface area contributed by atoms with Gasteiger partial charge in [0.1, 0.15) is 11.1 Å². The predicted octanol–water partition coefficient (Wildman–Crippen LogP) is 2.32. The monoisotopic (exact) mass is 369 g/mol. The van der Waals surface area contributed by atoms with E-state index in [1.165, 1.54) is 11.8 Å². The van der Waals surface area contributed by atoms with Crippen molar-refractivity contribution in [3.63, 3.8) is 0 Å². The quantitative estimate of drug-likeness (QED) is 0.834. The van der Waals surface area contributed by atoms with E-state index in [0.717, 1.165) is 43.2 Å². The number of pyridine rings is 1. The number of fused-ring (bicyclic) bond motifs is 1. The van der Waals surface area contributed by atoms with E-state index in [2.05, 4.69) is 21.1 Å². The normalized spacial score (nSPS) is 28.7. The fourth-order valence-corrected chi connectivity index (χ4v) is 4.97. The minimum Gasteiger partial charge on any atom is -0.391 e. The Balaban J connectivity index is 1.43. The molecular weight excluding hydrogens is 346 g/mol. The van der Waals surface area contributed by atoms with Gasteiger partial charge in [0.05, 0.1) is 23.4 Å². The molecule has 1 saturated carbocycles. The van der Waals surface area contributed by atoms with E-state index in [1.54, 1.807) is 6.20 Å². The molecule has 3 heterocycles. The molecule has 1 saturated heterocycles. The largest absolute Gasteiger partial charge is 0.391 e. The molecule has 0 aromatic carbocycles. The van der Waals surface area contributed by atoms with E-state index >= 15 is 0 Å². The van der Waals surface area contributed by atoms with Gasteiger partial charge in [0.25, 0.3) is 0 Å². The van der Waals surface area contributed by atoms with Crippen LogP contribution >= 0.6 is 11.8 Å². The van der Waals surface area contributed by atoms with Crippen molar-refractivity contribution in [1.29, 1.82) is 5.26 Å². The van der Waals surface area contributed by atoms with Gasteiger partial charge in [-0.3, -0.25) is 9.58 Å². The molecule has 7 heteroatoms. The predicted molar refractivity (Wildman–Crippen MR) is 99.5 cm³/mol. The summed E-state index contributed by atoms with van der Waals surface area (Å²) >= 11 is 1.52. The number of likely N-dealkylation sites (tertiary alicyclic amines) is 1. The molecule has 0 radical (unpaired) electrons. The number of nitrogens with zero attached hydrogens (tertiary/aromatic N) is 5. The standard InChI is InChI=1S/C19H23N5OS/c1-26-19-13(9-20)3-4-16(22-19)12-23-10-14-7-17(24-6-2-5-21-24)18(25)8-15(14)11-23/h2-6,14-15,17-18,25H,7-8,10-12H2,1H3/t14-,15+,17-,18-/m1/s1. The van der Waals surface area contributed by atoms with Crippen molar-refractivity contribution < 1.29 is 5.11 Å². The van der Waals surface area contributed by atoms with E-state index in [1.807, 2.05) is 35.3 Å². The zero-order valence-electron chi connectivity index (χ0n) is 14.8. The topological polar surface area (TPSA) is 78.0 Å². The minimum absolute atomic E-state index is 0.0855. The Morgan fingerprint density at radius 2 is 2.12 bits per heavy atom. The van der Waals surface area contributed by atoms with Crippen molar-refractivity contribution in [3.05, 3.63) is 41.9 Å². The molecule has 2 aliphatic rings. The maximum atomic E-state index is 10.6. The van der Waals surface area contributed by atoms with Crippen LogP contribution in [0.3, 0.4) is 0 Å². The van der Waals surface area contributed by atoms with Gasteiger partial charge >= 0.3 is 0 Å². The van der Waals surface area contributed by atoms with Crippen LogP contribution in [-0.2, 0) is 6.54 Å². The number of aromatic nitrogens is 3. The van der Waals surface area contributed by atoms with E-state index in [0.29, 0.717) is 17.4 Å². The van der Waals surface area contributed by atoms with Gasteiger partial charge in [0.15, 0.2) is 0 Å². The highest BCUT2D eigenvalue weighted by Gasteiger charge is 2.42. The highest BCUT2D eigenvalue weighted by Crippen LogP contribution is 2.41. The Bertz CT molecular complexity index is 803. The van der Waals surface area contributed by atoms with Crippen LogP contribution in [0, 0.1) is 23.2 Å². The molecule has 6 nitrogen and oxygen atoms in total. The summed E-state index contributed by atoms with van der Waals surface area (Å²) < 4.78 is 1.91. The molecule has 4 atom stereocenters. The molecule has 4 rings (SSSR count). The van der Waals surface area contributed by atoms with E-state index in [-0.39, 0.29) is 12.1 Å². The summed E-state index contributed by atoms with van der Waals surface area (Å²) in [7, 11) is 0. The number of hydrogen-bond acceptors (Lipinski definition) is 6. The molecule has 26 heavy (non-hydrogen) atoms. The number of rotatable bonds is 4. The van der Waals surface area contributed by atoms with Gasteiger partial charge < -0.3 is 5.11 Å². The Labute approximate surface area is 157 Å². The van der Waals surface area contributed by atoms with Crippen LogP contribution in [0.2, 0.25) is 0 Å². The summed E-state index contributed by atoms with van der Waals surface area (Å²) in [6.45, 7) is 2.84. The number of hydrogen-bond donors (Lipinski definition) is 1. The number of thioether (sulfide) groups is 1. The highest BCUT2D eigenvalue weighted by molar-refractivity contribution is 7.98. The van der Waals surface area contributed by atoms with Crippen LogP contribution < -0.4 is 0 Å². The lowest BCUT2D eigenvalue weighted by Crippen LogP contribution is -2.36. The molecule has 136 valence electrons. The smallest absolute Gasteiger partial charge is 0.114 e. The lowest BCUT2D eigenvalue weighted by Gasteiger charge is -2.35. The molecule has 2 aromatic heterocycles. The molecule has 0 bridgehead atoms. The van der Waals surface area contributed by atoms with Crippen LogP contribution in [0.5, 0.6) is 0 Å². The third-order valence-electron chi connectivity index (χ3n) is 5.67. The van der Waals surface area contributed by atoms with Gasteiger partial charge in [-0.25, -0.2) is 4.98 Å². The molecule has 1 aliphatic heterocycles. The summed E-state index contributed by atoms with van der Waals surface area (Å²) in [4.78, 5) is 7.09. The van der Waals surface area contributed by atoms with Crippen molar-refractivity contribution in [2.75, 3.05) is 19.3 Å². The second-order valence-electron chi connectivity index (χ2n) is 7.28. The Morgan fingerprint density at radius 1 is 1.31 bits per heavy atom. The SMILES string of the molecule is CSc1nc(CN2C[C@H]3C[C@@H](n4cccn4)[C@H](O)C[C@H]3C2)ccc1C#N. The highest BCUT2D eigenvalue weighted by atomic mass is 32.2. The van der Waals surface area contributed by atoms with Crippen molar-refractivity contribution in [3.8, 4) is 6.07 Å². The van der Waals surface area contributed by atoms with E-state index in [4.69, 9.17) is 5.26 Å². The molecule has 2 fully saturated rings. The zero-order chi connectivity index (χ0) is 18.1. The van der Waals surface area contributed by atoms with Crippen molar-refractivity contribution in [2.45, 2.75) is 36.6 Å². The average molecular weight is 369 g/mol. The number of aliphatic hydroxyl groups excluding tert-OH is 1. The summed E-state index contributed by atoms with van der Waals surface area (Å²) in [5, 5.41) is 24.8. The summed E-state index contributed by atoms with van der Waals surface area (Å²) in [6, 6.07) is 8.03.